The number of benzene rings is 4. The molecule has 27 nitrogen and oxygen atoms in total. The molecule has 0 saturated carbocycles. The second-order valence-electron chi connectivity index (χ2n) is 15.0. The molecule has 2 heterocycles. The first kappa shape index (κ1) is 54.3. The van der Waals surface area contributed by atoms with Crippen LogP contribution in [0.25, 0.3) is 12.2 Å². The number of hydrogen-bond donors (Lipinski definition) is 8. The maximum Gasteiger partial charge on any atom is 0.233 e. The molecule has 0 spiro atoms. The van der Waals surface area contributed by atoms with Gasteiger partial charge in [0, 0.05) is 55.2 Å². The van der Waals surface area contributed by atoms with Gasteiger partial charge in [-0.25, -0.2) is 33.7 Å². The number of aliphatic hydroxyl groups is 4. The number of rotatable bonds is 24. The van der Waals surface area contributed by atoms with Gasteiger partial charge in [-0.1, -0.05) is 36.4 Å². The molecule has 0 atom stereocenters. The monoisotopic (exact) mass is 1070 g/mol. The molecule has 384 valence electrons. The number of sulfone groups is 1. The second-order valence-corrected chi connectivity index (χ2v) is 21.1. The molecule has 0 aliphatic rings. The number of hydrogen-bond acceptors (Lipinski definition) is 27. The van der Waals surface area contributed by atoms with E-state index in [1.54, 1.807) is 0 Å². The van der Waals surface area contributed by atoms with Gasteiger partial charge in [0.2, 0.25) is 35.7 Å². The fraction of sp³-hybridized carbons (Fsp3) is 0.220. The summed E-state index contributed by atoms with van der Waals surface area (Å²) in [6.45, 7) is -1.77. The summed E-state index contributed by atoms with van der Waals surface area (Å²) in [6.07, 6.45) is 3.35. The summed E-state index contributed by atoms with van der Waals surface area (Å²) < 4.78 is 134. The fourth-order valence-electron chi connectivity index (χ4n) is 6.53. The van der Waals surface area contributed by atoms with Crippen LogP contribution in [0.1, 0.15) is 11.1 Å². The third kappa shape index (κ3) is 14.8. The highest BCUT2D eigenvalue weighted by molar-refractivity contribution is 7.90. The van der Waals surface area contributed by atoms with Crippen LogP contribution in [0.2, 0.25) is 0 Å². The summed E-state index contributed by atoms with van der Waals surface area (Å²) in [7, 11) is -19.0. The molecule has 6 aromatic rings. The number of nitrogens with one attached hydrogen (secondary N) is 4. The van der Waals surface area contributed by atoms with Crippen molar-refractivity contribution in [1.82, 2.24) is 29.9 Å². The normalized spacial score (nSPS) is 12.2. The Bertz CT molecular complexity index is 3190. The Morgan fingerprint density at radius 3 is 1.11 bits per heavy atom. The smallest absolute Gasteiger partial charge is 0.233 e. The summed E-state index contributed by atoms with van der Waals surface area (Å²) >= 11 is 0. The van der Waals surface area contributed by atoms with Gasteiger partial charge in [0.25, 0.3) is 0 Å². The molecule has 0 unspecified atom stereocenters. The predicted molar refractivity (Wildman–Crippen MR) is 257 cm³/mol. The highest BCUT2D eigenvalue weighted by atomic mass is 32.2. The van der Waals surface area contributed by atoms with Crippen molar-refractivity contribution in [2.24, 2.45) is 0 Å². The number of anilines is 10. The topological polar surface area (TPSA) is 419 Å². The largest absolute Gasteiger partial charge is 0.744 e. The lowest BCUT2D eigenvalue weighted by atomic mass is 10.1. The molecule has 6 rings (SSSR count). The van der Waals surface area contributed by atoms with Crippen LogP contribution in [-0.4, -0.2) is 157 Å². The molecule has 31 heteroatoms. The molecule has 0 radical (unpaired) electrons. The number of nitrogens with zero attached hydrogens (tertiary/aromatic N) is 8. The lowest BCUT2D eigenvalue weighted by Crippen LogP contribution is -2.31. The van der Waals surface area contributed by atoms with Crippen molar-refractivity contribution in [1.29, 1.82) is 0 Å². The van der Waals surface area contributed by atoms with Crippen LogP contribution < -0.4 is 31.1 Å². The first-order valence-corrected chi connectivity index (χ1v) is 26.9. The summed E-state index contributed by atoms with van der Waals surface area (Å²) in [5.41, 5.74) is 0.0697. The van der Waals surface area contributed by atoms with Gasteiger partial charge in [-0.3, -0.25) is 0 Å². The standard InChI is InChI=1S/C41H46N12O15S4/c1-69(58,59)34-24-30(44-38-46-36(48-40(50-38)52(14-18-54)15-19-55)42-28-4-2-6-32(22-28)70(60,61)62)12-10-26(34)8-9-27-11-13-31(25-35(27)72(66,67)68)45-39-47-37(49-41(51-39)53(16-20-56)17-21-57)43-29-5-3-7-33(23-29)71(63,64)65/h2-13,22-25,54-57H,14-21H2,1H3,(H,60,61,62)(H,63,64,65)(H,66,67,68)(H2,42,44,46,48,50)(H2,43,45,47,49,51)/p-3/b9-8+. The third-order valence-electron chi connectivity index (χ3n) is 9.70. The van der Waals surface area contributed by atoms with Crippen molar-refractivity contribution in [2.75, 3.05) is 89.9 Å². The predicted octanol–water partition coefficient (Wildman–Crippen LogP) is 0.899. The molecule has 0 fully saturated rings. The number of aromatic nitrogens is 6. The lowest BCUT2D eigenvalue weighted by molar-refractivity contribution is 0.279. The minimum atomic E-state index is -5.25. The lowest BCUT2D eigenvalue weighted by Gasteiger charge is -2.22. The molecule has 0 aliphatic heterocycles. The van der Waals surface area contributed by atoms with Gasteiger partial charge in [0.15, 0.2) is 9.84 Å². The van der Waals surface area contributed by atoms with E-state index in [1.807, 2.05) is 0 Å². The van der Waals surface area contributed by atoms with E-state index in [-0.39, 0.29) is 114 Å². The summed E-state index contributed by atoms with van der Waals surface area (Å²) in [4.78, 5) is 26.4. The molecule has 0 bridgehead atoms. The van der Waals surface area contributed by atoms with E-state index in [0.717, 1.165) is 36.6 Å². The molecule has 2 aromatic heterocycles. The quantitative estimate of drug-likeness (QED) is 0.0308. The van der Waals surface area contributed by atoms with Gasteiger partial charge >= 0.3 is 0 Å². The fourth-order valence-corrected chi connectivity index (χ4v) is 9.17. The van der Waals surface area contributed by atoms with Gasteiger partial charge in [-0.05, 0) is 71.8 Å². The average Bonchev–Trinajstić information content (AvgIpc) is 3.30. The van der Waals surface area contributed by atoms with Gasteiger partial charge in [-0.2, -0.15) is 29.9 Å². The van der Waals surface area contributed by atoms with Crippen LogP contribution in [0.4, 0.5) is 58.4 Å². The second kappa shape index (κ2) is 23.0. The molecule has 0 amide bonds. The van der Waals surface area contributed by atoms with E-state index < -0.39 is 68.1 Å². The summed E-state index contributed by atoms with van der Waals surface area (Å²) in [5.74, 6) is -1.09. The zero-order valence-corrected chi connectivity index (χ0v) is 40.7. The zero-order chi connectivity index (χ0) is 52.4. The molecule has 0 aliphatic carbocycles. The molecular weight excluding hydrogens is 1030 g/mol. The minimum absolute atomic E-state index is 0.0370. The van der Waals surface area contributed by atoms with Gasteiger partial charge in [0.05, 0.1) is 46.0 Å². The Morgan fingerprint density at radius 1 is 0.458 bits per heavy atom. The Balaban J connectivity index is 1.33. The van der Waals surface area contributed by atoms with Gasteiger partial charge in [0.1, 0.15) is 30.4 Å². The summed E-state index contributed by atoms with van der Waals surface area (Å²) in [6, 6.07) is 17.2. The zero-order valence-electron chi connectivity index (χ0n) is 37.4. The Kier molecular flexibility index (Phi) is 17.4. The van der Waals surface area contributed by atoms with E-state index >= 15 is 0 Å². The van der Waals surface area contributed by atoms with Crippen LogP contribution in [0.15, 0.2) is 105 Å². The minimum Gasteiger partial charge on any atom is -0.744 e. The third-order valence-corrected chi connectivity index (χ3v) is 13.4. The maximum absolute atomic E-state index is 13.2. The average molecular weight is 1070 g/mol. The molecule has 8 N–H and O–H groups in total. The highest BCUT2D eigenvalue weighted by Gasteiger charge is 2.19. The highest BCUT2D eigenvalue weighted by Crippen LogP contribution is 2.30. The SMILES string of the molecule is CS(=O)(=O)c1cc(Nc2nc(Nc3cccc(S(=O)(=O)[O-])c3)nc(N(CCO)CCO)n2)ccc1/C=C/c1ccc(Nc2nc(Nc3cccc(S(=O)(=O)[O-])c3)nc(N(CCO)CCO)n2)cc1S(=O)(=O)[O-]. The van der Waals surface area contributed by atoms with Crippen molar-refractivity contribution in [3.05, 3.63) is 96.1 Å². The number of aliphatic hydroxyl groups excluding tert-OH is 4. The van der Waals surface area contributed by atoms with E-state index in [4.69, 9.17) is 0 Å². The maximum atomic E-state index is 13.2. The Hall–Kier alpha value is -7.04. The van der Waals surface area contributed by atoms with Gasteiger partial charge in [-0.15, -0.1) is 0 Å². The van der Waals surface area contributed by atoms with Gasteiger partial charge < -0.3 is 65.2 Å². The van der Waals surface area contributed by atoms with Crippen molar-refractivity contribution in [2.45, 2.75) is 19.6 Å². The van der Waals surface area contributed by atoms with Crippen LogP contribution in [0.5, 0.6) is 0 Å². The van der Waals surface area contributed by atoms with Crippen molar-refractivity contribution in [3.8, 4) is 0 Å². The molecule has 4 aromatic carbocycles. The van der Waals surface area contributed by atoms with Crippen LogP contribution in [0, 0.1) is 0 Å². The van der Waals surface area contributed by atoms with Crippen LogP contribution in [0.3, 0.4) is 0 Å². The first-order chi connectivity index (χ1) is 34.0. The van der Waals surface area contributed by atoms with Crippen molar-refractivity contribution < 1.29 is 67.8 Å². The van der Waals surface area contributed by atoms with Crippen molar-refractivity contribution >= 4 is 111 Å². The first-order valence-electron chi connectivity index (χ1n) is 20.7. The van der Waals surface area contributed by atoms with Crippen molar-refractivity contribution in [3.63, 3.8) is 0 Å². The molecule has 0 saturated heterocycles. The Morgan fingerprint density at radius 2 is 0.792 bits per heavy atom. The van der Waals surface area contributed by atoms with E-state index in [9.17, 15) is 67.8 Å². The van der Waals surface area contributed by atoms with E-state index in [2.05, 4.69) is 51.2 Å². The van der Waals surface area contributed by atoms with Crippen LogP contribution >= 0.6 is 0 Å². The molecular formula is C41H43N12O15S4-3. The summed E-state index contributed by atoms with van der Waals surface area (Å²) in [5, 5.41) is 49.8. The van der Waals surface area contributed by atoms with E-state index in [1.165, 1.54) is 76.5 Å². The van der Waals surface area contributed by atoms with Crippen LogP contribution in [-0.2, 0) is 40.2 Å². The van der Waals surface area contributed by atoms with E-state index in [0.29, 0.717) is 0 Å². The Labute approximate surface area is 412 Å². The molecule has 72 heavy (non-hydrogen) atoms.